The fourth-order valence-electron chi connectivity index (χ4n) is 4.77. The maximum absolute atomic E-state index is 14.9. The Kier molecular flexibility index (Phi) is 7.63. The molecule has 0 aliphatic heterocycles. The van der Waals surface area contributed by atoms with E-state index in [9.17, 15) is 17.6 Å². The van der Waals surface area contributed by atoms with Crippen molar-refractivity contribution in [1.82, 2.24) is 0 Å². The number of benzene rings is 3. The molecule has 184 valence electrons. The molecular formula is C30H30F4O. The first-order valence-corrected chi connectivity index (χ1v) is 12.1. The van der Waals surface area contributed by atoms with Crippen molar-refractivity contribution < 1.29 is 22.3 Å². The van der Waals surface area contributed by atoms with Gasteiger partial charge in [0, 0.05) is 5.56 Å². The first-order chi connectivity index (χ1) is 16.7. The number of rotatable bonds is 8. The molecule has 0 spiro atoms. The molecule has 0 amide bonds. The number of halogens is 4. The third kappa shape index (κ3) is 6.33. The van der Waals surface area contributed by atoms with E-state index in [0.29, 0.717) is 17.0 Å². The lowest BCUT2D eigenvalue weighted by Crippen LogP contribution is -2.25. The van der Waals surface area contributed by atoms with Gasteiger partial charge in [-0.05, 0) is 91.8 Å². The van der Waals surface area contributed by atoms with E-state index in [2.05, 4.69) is 6.58 Å². The molecular weight excluding hydrogens is 452 g/mol. The summed E-state index contributed by atoms with van der Waals surface area (Å²) in [6.45, 7) is 5.76. The molecule has 1 fully saturated rings. The van der Waals surface area contributed by atoms with Crippen molar-refractivity contribution in [3.63, 3.8) is 0 Å². The minimum atomic E-state index is -3.34. The van der Waals surface area contributed by atoms with Crippen molar-refractivity contribution in [3.8, 4) is 16.9 Å². The average molecular weight is 483 g/mol. The molecule has 0 bridgehead atoms. The van der Waals surface area contributed by atoms with Crippen LogP contribution in [0, 0.1) is 24.5 Å². The zero-order valence-electron chi connectivity index (χ0n) is 19.9. The molecule has 0 N–H and O–H groups in total. The largest absolute Gasteiger partial charge is 0.433 e. The fourth-order valence-corrected chi connectivity index (χ4v) is 4.77. The number of allylic oxidation sites excluding steroid dienone is 1. The minimum absolute atomic E-state index is 0.000742. The molecule has 0 heterocycles. The molecule has 1 aliphatic rings. The Morgan fingerprint density at radius 1 is 0.886 bits per heavy atom. The third-order valence-corrected chi connectivity index (χ3v) is 6.87. The van der Waals surface area contributed by atoms with Crippen molar-refractivity contribution in [2.24, 2.45) is 5.92 Å². The van der Waals surface area contributed by atoms with Crippen LogP contribution in [0.15, 0.2) is 73.3 Å². The van der Waals surface area contributed by atoms with Crippen molar-refractivity contribution >= 4 is 0 Å². The lowest BCUT2D eigenvalue weighted by atomic mass is 9.78. The average Bonchev–Trinajstić information content (AvgIpc) is 2.84. The van der Waals surface area contributed by atoms with Gasteiger partial charge in [0.1, 0.15) is 17.4 Å². The van der Waals surface area contributed by atoms with E-state index in [1.807, 2.05) is 37.3 Å². The second-order valence-electron chi connectivity index (χ2n) is 9.45. The molecule has 1 saturated carbocycles. The van der Waals surface area contributed by atoms with E-state index in [-0.39, 0.29) is 23.7 Å². The Balaban J connectivity index is 1.41. The smallest absolute Gasteiger partial charge is 0.398 e. The second kappa shape index (κ2) is 10.7. The van der Waals surface area contributed by atoms with Gasteiger partial charge >= 0.3 is 6.11 Å². The summed E-state index contributed by atoms with van der Waals surface area (Å²) in [6, 6.07) is 15.9. The quantitative estimate of drug-likeness (QED) is 0.230. The summed E-state index contributed by atoms with van der Waals surface area (Å²) in [6.07, 6.45) is 1.53. The van der Waals surface area contributed by atoms with E-state index in [1.54, 1.807) is 0 Å². The van der Waals surface area contributed by atoms with Crippen molar-refractivity contribution in [2.75, 3.05) is 0 Å². The molecule has 1 nitrogen and oxygen atoms in total. The predicted octanol–water partition coefficient (Wildman–Crippen LogP) is 9.00. The van der Waals surface area contributed by atoms with Gasteiger partial charge in [-0.25, -0.2) is 8.78 Å². The summed E-state index contributed by atoms with van der Waals surface area (Å²) < 4.78 is 63.5. The van der Waals surface area contributed by atoms with Gasteiger partial charge in [0.2, 0.25) is 0 Å². The zero-order chi connectivity index (χ0) is 25.0. The highest BCUT2D eigenvalue weighted by atomic mass is 19.3. The molecule has 0 aromatic heterocycles. The van der Waals surface area contributed by atoms with Crippen LogP contribution in [-0.2, 0) is 6.42 Å². The van der Waals surface area contributed by atoms with Crippen LogP contribution in [-0.4, -0.2) is 6.11 Å². The molecule has 0 radical (unpaired) electrons. The van der Waals surface area contributed by atoms with Crippen molar-refractivity contribution in [1.29, 1.82) is 0 Å². The second-order valence-corrected chi connectivity index (χ2v) is 9.45. The molecule has 4 rings (SSSR count). The van der Waals surface area contributed by atoms with E-state index in [1.165, 1.54) is 36.4 Å². The standard InChI is InChI=1S/C30H30F4O/c1-3-21-8-10-24(11-9-21)29-27(31)18-25(19-28(29)32)23-12-14-26(15-13-23)35-30(33,34)17-16-22-6-4-20(2)5-7-22/h3-7,12-15,18-19,21,24H,1,8-11,16-17H2,2H3. The summed E-state index contributed by atoms with van der Waals surface area (Å²) >= 11 is 0. The van der Waals surface area contributed by atoms with E-state index < -0.39 is 24.2 Å². The highest BCUT2D eigenvalue weighted by molar-refractivity contribution is 5.65. The lowest BCUT2D eigenvalue weighted by molar-refractivity contribution is -0.180. The number of hydrogen-bond acceptors (Lipinski definition) is 1. The van der Waals surface area contributed by atoms with Crippen LogP contribution >= 0.6 is 0 Å². The molecule has 35 heavy (non-hydrogen) atoms. The Morgan fingerprint density at radius 3 is 2.06 bits per heavy atom. The topological polar surface area (TPSA) is 9.23 Å². The fraction of sp³-hybridized carbons (Fsp3) is 0.333. The lowest BCUT2D eigenvalue weighted by Gasteiger charge is -2.27. The summed E-state index contributed by atoms with van der Waals surface area (Å²) in [7, 11) is 0. The van der Waals surface area contributed by atoms with Crippen LogP contribution in [0.3, 0.4) is 0 Å². The highest BCUT2D eigenvalue weighted by Gasteiger charge is 2.31. The van der Waals surface area contributed by atoms with Gasteiger partial charge in [0.25, 0.3) is 0 Å². The van der Waals surface area contributed by atoms with Gasteiger partial charge in [-0.2, -0.15) is 8.78 Å². The summed E-state index contributed by atoms with van der Waals surface area (Å²) in [4.78, 5) is 0. The number of alkyl halides is 2. The minimum Gasteiger partial charge on any atom is -0.433 e. The van der Waals surface area contributed by atoms with Gasteiger partial charge in [0.05, 0.1) is 6.42 Å². The van der Waals surface area contributed by atoms with Gasteiger partial charge < -0.3 is 4.74 Å². The number of aryl methyl sites for hydroxylation is 2. The maximum atomic E-state index is 14.9. The molecule has 0 saturated heterocycles. The van der Waals surface area contributed by atoms with Gasteiger partial charge in [0.15, 0.2) is 0 Å². The molecule has 0 atom stereocenters. The zero-order valence-corrected chi connectivity index (χ0v) is 19.9. The van der Waals surface area contributed by atoms with Gasteiger partial charge in [-0.1, -0.05) is 48.0 Å². The van der Waals surface area contributed by atoms with Crippen LogP contribution in [0.5, 0.6) is 5.75 Å². The molecule has 5 heteroatoms. The molecule has 1 aliphatic carbocycles. The Hall–Kier alpha value is -3.08. The molecule has 3 aromatic carbocycles. The van der Waals surface area contributed by atoms with Crippen LogP contribution < -0.4 is 4.74 Å². The Bertz CT molecular complexity index is 1120. The van der Waals surface area contributed by atoms with E-state index >= 15 is 0 Å². The summed E-state index contributed by atoms with van der Waals surface area (Å²) in [5.74, 6) is -0.861. The van der Waals surface area contributed by atoms with Crippen LogP contribution in [0.2, 0.25) is 0 Å². The molecule has 3 aromatic rings. The maximum Gasteiger partial charge on any atom is 0.398 e. The van der Waals surface area contributed by atoms with E-state index in [0.717, 1.165) is 36.8 Å². The van der Waals surface area contributed by atoms with Crippen LogP contribution in [0.1, 0.15) is 54.7 Å². The van der Waals surface area contributed by atoms with Crippen molar-refractivity contribution in [2.45, 2.75) is 57.5 Å². The molecule has 0 unspecified atom stereocenters. The SMILES string of the molecule is C=CC1CCC(c2c(F)cc(-c3ccc(OC(F)(F)CCc4ccc(C)cc4)cc3)cc2F)CC1. The normalized spacial score (nSPS) is 18.3. The predicted molar refractivity (Wildman–Crippen MR) is 132 cm³/mol. The third-order valence-electron chi connectivity index (χ3n) is 6.87. The number of ether oxygens (including phenoxy) is 1. The Labute approximate surface area is 204 Å². The number of hydrogen-bond donors (Lipinski definition) is 0. The van der Waals surface area contributed by atoms with Crippen LogP contribution in [0.25, 0.3) is 11.1 Å². The van der Waals surface area contributed by atoms with E-state index in [4.69, 9.17) is 4.74 Å². The van der Waals surface area contributed by atoms with Crippen LogP contribution in [0.4, 0.5) is 17.6 Å². The van der Waals surface area contributed by atoms with Gasteiger partial charge in [-0.15, -0.1) is 6.58 Å². The summed E-state index contributed by atoms with van der Waals surface area (Å²) in [5.41, 5.74) is 2.92. The van der Waals surface area contributed by atoms with Gasteiger partial charge in [-0.3, -0.25) is 0 Å². The monoisotopic (exact) mass is 482 g/mol. The highest BCUT2D eigenvalue weighted by Crippen LogP contribution is 2.39. The van der Waals surface area contributed by atoms with Crippen molar-refractivity contribution in [3.05, 3.63) is 102 Å². The first-order valence-electron chi connectivity index (χ1n) is 12.1. The Morgan fingerprint density at radius 2 is 1.49 bits per heavy atom. The first kappa shape index (κ1) is 25.0. The summed E-state index contributed by atoms with van der Waals surface area (Å²) in [5, 5.41) is 0.